The SMILES string of the molecule is C=C(S/C=C\N)C1(O)CCC(N2CC(NC(=O)CNC(=O)c3cccc(C(F)(F)F)c3)C2)CC1. The maximum atomic E-state index is 12.8. The van der Waals surface area contributed by atoms with E-state index in [2.05, 4.69) is 22.1 Å². The highest BCUT2D eigenvalue weighted by atomic mass is 32.2. The highest BCUT2D eigenvalue weighted by Gasteiger charge is 2.40. The molecule has 1 aliphatic carbocycles. The third kappa shape index (κ3) is 6.55. The standard InChI is InChI=1S/C23H29F3N4O3S/c1-15(34-10-9-27)22(33)7-5-19(6-8-22)30-13-18(14-30)29-20(31)12-28-21(32)16-3-2-4-17(11-16)23(24,25)26/h2-4,9-11,18-19,33H,1,5-8,12-14,27H2,(H,28,32)(H,29,31)/b10-9-. The van der Waals surface area contributed by atoms with Crippen LogP contribution in [-0.2, 0) is 11.0 Å². The van der Waals surface area contributed by atoms with E-state index in [9.17, 15) is 27.9 Å². The number of halogens is 3. The lowest BCUT2D eigenvalue weighted by Gasteiger charge is -2.48. The van der Waals surface area contributed by atoms with Crippen LogP contribution in [0, 0.1) is 0 Å². The molecule has 34 heavy (non-hydrogen) atoms. The zero-order valence-electron chi connectivity index (χ0n) is 18.6. The third-order valence-corrected chi connectivity index (χ3v) is 7.20. The zero-order chi connectivity index (χ0) is 24.9. The summed E-state index contributed by atoms with van der Waals surface area (Å²) in [6, 6.07) is 4.31. The van der Waals surface area contributed by atoms with Crippen molar-refractivity contribution in [3.8, 4) is 0 Å². The van der Waals surface area contributed by atoms with E-state index in [-0.39, 0.29) is 18.2 Å². The first-order valence-corrected chi connectivity index (χ1v) is 11.8. The van der Waals surface area contributed by atoms with Gasteiger partial charge in [0.05, 0.1) is 23.8 Å². The summed E-state index contributed by atoms with van der Waals surface area (Å²) in [4.78, 5) is 27.2. The summed E-state index contributed by atoms with van der Waals surface area (Å²) in [7, 11) is 0. The predicted molar refractivity (Wildman–Crippen MR) is 125 cm³/mol. The smallest absolute Gasteiger partial charge is 0.404 e. The largest absolute Gasteiger partial charge is 0.416 e. The maximum Gasteiger partial charge on any atom is 0.416 e. The highest BCUT2D eigenvalue weighted by Crippen LogP contribution is 2.40. The Morgan fingerprint density at radius 1 is 1.29 bits per heavy atom. The van der Waals surface area contributed by atoms with Crippen LogP contribution in [0.3, 0.4) is 0 Å². The minimum absolute atomic E-state index is 0.0565. The molecule has 1 saturated carbocycles. The van der Waals surface area contributed by atoms with E-state index in [0.29, 0.717) is 36.9 Å². The Hall–Kier alpha value is -2.50. The molecule has 5 N–H and O–H groups in total. The number of aliphatic hydroxyl groups is 1. The molecule has 11 heteroatoms. The van der Waals surface area contributed by atoms with Crippen LogP contribution in [0.2, 0.25) is 0 Å². The molecule has 0 atom stereocenters. The van der Waals surface area contributed by atoms with Gasteiger partial charge in [0.1, 0.15) is 0 Å². The molecule has 186 valence electrons. The first kappa shape index (κ1) is 26.1. The van der Waals surface area contributed by atoms with Gasteiger partial charge in [-0.25, -0.2) is 0 Å². The molecule has 1 aliphatic heterocycles. The van der Waals surface area contributed by atoms with Gasteiger partial charge in [-0.3, -0.25) is 14.5 Å². The van der Waals surface area contributed by atoms with Crippen molar-refractivity contribution >= 4 is 23.6 Å². The molecule has 0 spiro atoms. The monoisotopic (exact) mass is 498 g/mol. The van der Waals surface area contributed by atoms with Crippen LogP contribution in [0.25, 0.3) is 0 Å². The molecule has 1 aromatic carbocycles. The van der Waals surface area contributed by atoms with Crippen molar-refractivity contribution in [2.75, 3.05) is 19.6 Å². The summed E-state index contributed by atoms with van der Waals surface area (Å²) >= 11 is 1.33. The number of rotatable bonds is 8. The van der Waals surface area contributed by atoms with Gasteiger partial charge in [-0.15, -0.1) is 0 Å². The number of amides is 2. The Kier molecular flexibility index (Phi) is 8.32. The van der Waals surface area contributed by atoms with Gasteiger partial charge in [0, 0.05) is 35.8 Å². The number of alkyl halides is 3. The molecule has 0 aromatic heterocycles. The lowest BCUT2D eigenvalue weighted by molar-refractivity contribution is -0.137. The number of hydrogen-bond donors (Lipinski definition) is 4. The minimum Gasteiger partial charge on any atom is -0.404 e. The number of nitrogens with one attached hydrogen (secondary N) is 2. The van der Waals surface area contributed by atoms with E-state index >= 15 is 0 Å². The molecule has 2 aliphatic rings. The molecule has 2 amide bonds. The van der Waals surface area contributed by atoms with Crippen molar-refractivity contribution in [3.05, 3.63) is 58.5 Å². The molecule has 7 nitrogen and oxygen atoms in total. The number of nitrogens with zero attached hydrogens (tertiary/aromatic N) is 1. The van der Waals surface area contributed by atoms with Crippen LogP contribution < -0.4 is 16.4 Å². The van der Waals surface area contributed by atoms with Gasteiger partial charge in [0.15, 0.2) is 0 Å². The molecule has 1 heterocycles. The Bertz CT molecular complexity index is 940. The van der Waals surface area contributed by atoms with Crippen LogP contribution in [-0.4, -0.2) is 59.1 Å². The van der Waals surface area contributed by atoms with E-state index < -0.39 is 29.2 Å². The van der Waals surface area contributed by atoms with Crippen LogP contribution in [0.15, 0.2) is 47.4 Å². The van der Waals surface area contributed by atoms with Crippen molar-refractivity contribution in [3.63, 3.8) is 0 Å². The molecule has 1 aromatic rings. The Morgan fingerprint density at radius 2 is 1.97 bits per heavy atom. The number of likely N-dealkylation sites (tertiary alicyclic amines) is 1. The van der Waals surface area contributed by atoms with Crippen molar-refractivity contribution in [1.29, 1.82) is 0 Å². The highest BCUT2D eigenvalue weighted by molar-refractivity contribution is 8.05. The topological polar surface area (TPSA) is 108 Å². The molecular formula is C23H29F3N4O3S. The van der Waals surface area contributed by atoms with Crippen molar-refractivity contribution in [2.24, 2.45) is 5.73 Å². The Morgan fingerprint density at radius 3 is 2.59 bits per heavy atom. The van der Waals surface area contributed by atoms with Crippen molar-refractivity contribution in [1.82, 2.24) is 15.5 Å². The van der Waals surface area contributed by atoms with E-state index in [0.717, 1.165) is 31.0 Å². The van der Waals surface area contributed by atoms with Gasteiger partial charge in [-0.2, -0.15) is 13.2 Å². The van der Waals surface area contributed by atoms with Gasteiger partial charge in [0.2, 0.25) is 5.91 Å². The lowest BCUT2D eigenvalue weighted by Crippen LogP contribution is -2.63. The predicted octanol–water partition coefficient (Wildman–Crippen LogP) is 2.59. The average Bonchev–Trinajstić information content (AvgIpc) is 2.78. The molecule has 3 rings (SSSR count). The number of carbonyl (C=O) groups excluding carboxylic acids is 2. The summed E-state index contributed by atoms with van der Waals surface area (Å²) in [6.45, 7) is 4.98. The van der Waals surface area contributed by atoms with Gasteiger partial charge in [0.25, 0.3) is 5.91 Å². The van der Waals surface area contributed by atoms with E-state index in [1.54, 1.807) is 5.41 Å². The quantitative estimate of drug-likeness (QED) is 0.439. The third-order valence-electron chi connectivity index (χ3n) is 6.24. The number of hydrogen-bond acceptors (Lipinski definition) is 6. The van der Waals surface area contributed by atoms with Crippen LogP contribution in [0.5, 0.6) is 0 Å². The lowest BCUT2D eigenvalue weighted by atomic mass is 9.80. The summed E-state index contributed by atoms with van der Waals surface area (Å²) in [5.41, 5.74) is 3.36. The molecular weight excluding hydrogens is 469 g/mol. The minimum atomic E-state index is -4.55. The van der Waals surface area contributed by atoms with Crippen molar-refractivity contribution in [2.45, 2.75) is 49.5 Å². The second kappa shape index (κ2) is 10.8. The number of thioether (sulfide) groups is 1. The van der Waals surface area contributed by atoms with E-state index in [1.807, 2.05) is 0 Å². The number of benzene rings is 1. The Balaban J connectivity index is 1.37. The number of carbonyl (C=O) groups is 2. The average molecular weight is 499 g/mol. The molecule has 0 radical (unpaired) electrons. The first-order valence-electron chi connectivity index (χ1n) is 11.0. The van der Waals surface area contributed by atoms with Crippen LogP contribution >= 0.6 is 11.8 Å². The normalized spacial score (nSPS) is 23.9. The van der Waals surface area contributed by atoms with E-state index in [4.69, 9.17) is 5.73 Å². The van der Waals surface area contributed by atoms with Gasteiger partial charge in [-0.05, 0) is 49.3 Å². The summed E-state index contributed by atoms with van der Waals surface area (Å²) < 4.78 is 38.4. The van der Waals surface area contributed by atoms with Crippen molar-refractivity contribution < 1.29 is 27.9 Å². The fraction of sp³-hybridized carbons (Fsp3) is 0.478. The van der Waals surface area contributed by atoms with Gasteiger partial charge < -0.3 is 21.5 Å². The van der Waals surface area contributed by atoms with Crippen LogP contribution in [0.4, 0.5) is 13.2 Å². The first-order chi connectivity index (χ1) is 16.0. The molecule has 1 saturated heterocycles. The summed E-state index contributed by atoms with van der Waals surface area (Å²) in [5.74, 6) is -1.14. The number of nitrogens with two attached hydrogens (primary N) is 1. The summed E-state index contributed by atoms with van der Waals surface area (Å²) in [6.07, 6.45) is -0.286. The fourth-order valence-electron chi connectivity index (χ4n) is 4.24. The van der Waals surface area contributed by atoms with Gasteiger partial charge in [-0.1, -0.05) is 24.4 Å². The molecule has 0 bridgehead atoms. The molecule has 0 unspecified atom stereocenters. The second-order valence-electron chi connectivity index (χ2n) is 8.61. The maximum absolute atomic E-state index is 12.8. The second-order valence-corrected chi connectivity index (χ2v) is 9.61. The fourth-order valence-corrected chi connectivity index (χ4v) is 4.90. The summed E-state index contributed by atoms with van der Waals surface area (Å²) in [5, 5.41) is 17.7. The van der Waals surface area contributed by atoms with Gasteiger partial charge >= 0.3 is 6.18 Å². The Labute approximate surface area is 200 Å². The van der Waals surface area contributed by atoms with Crippen LogP contribution in [0.1, 0.15) is 41.6 Å². The molecule has 2 fully saturated rings. The van der Waals surface area contributed by atoms with E-state index in [1.165, 1.54) is 24.0 Å². The zero-order valence-corrected chi connectivity index (χ0v) is 19.4.